The summed E-state index contributed by atoms with van der Waals surface area (Å²) < 4.78 is 14.2. The molecule has 1 aliphatic rings. The maximum atomic E-state index is 14.2. The number of para-hydroxylation sites is 1. The lowest BCUT2D eigenvalue weighted by molar-refractivity contribution is 0.339. The minimum absolute atomic E-state index is 0.143. The van der Waals surface area contributed by atoms with Gasteiger partial charge in [-0.1, -0.05) is 19.1 Å². The predicted octanol–water partition coefficient (Wildman–Crippen LogP) is 3.86. The number of anilines is 1. The first kappa shape index (κ1) is 14.3. The van der Waals surface area contributed by atoms with E-state index in [-0.39, 0.29) is 11.9 Å². The van der Waals surface area contributed by atoms with Crippen LogP contribution in [0.4, 0.5) is 10.1 Å². The van der Waals surface area contributed by atoms with E-state index < -0.39 is 0 Å². The zero-order valence-corrected chi connectivity index (χ0v) is 12.2. The first-order valence-electron chi connectivity index (χ1n) is 7.27. The van der Waals surface area contributed by atoms with Crippen LogP contribution in [0.3, 0.4) is 0 Å². The van der Waals surface area contributed by atoms with Gasteiger partial charge in [0.25, 0.3) is 0 Å². The molecule has 1 aromatic carbocycles. The number of nitrogens with two attached hydrogens (primary N) is 1. The van der Waals surface area contributed by atoms with Gasteiger partial charge in [0.2, 0.25) is 0 Å². The Hall–Kier alpha value is -1.09. The Labute approximate surface area is 115 Å². The molecule has 0 saturated heterocycles. The molecule has 0 heterocycles. The molecule has 106 valence electrons. The summed E-state index contributed by atoms with van der Waals surface area (Å²) >= 11 is 0. The molecule has 1 saturated carbocycles. The van der Waals surface area contributed by atoms with Crippen molar-refractivity contribution in [1.29, 1.82) is 0 Å². The first-order chi connectivity index (χ1) is 9.00. The van der Waals surface area contributed by atoms with Gasteiger partial charge in [0, 0.05) is 19.1 Å². The number of hydrogen-bond acceptors (Lipinski definition) is 2. The van der Waals surface area contributed by atoms with E-state index in [4.69, 9.17) is 5.73 Å². The van der Waals surface area contributed by atoms with Gasteiger partial charge in [-0.3, -0.25) is 0 Å². The Kier molecular flexibility index (Phi) is 4.46. The Bertz CT molecular complexity index is 423. The molecule has 1 fully saturated rings. The predicted molar refractivity (Wildman–Crippen MR) is 78.8 cm³/mol. The van der Waals surface area contributed by atoms with E-state index in [9.17, 15) is 4.39 Å². The van der Waals surface area contributed by atoms with Crippen LogP contribution >= 0.6 is 0 Å². The lowest BCUT2D eigenvalue weighted by atomic mass is 9.86. The number of halogens is 1. The Morgan fingerprint density at radius 1 is 1.26 bits per heavy atom. The Balaban J connectivity index is 2.25. The average molecular weight is 264 g/mol. The van der Waals surface area contributed by atoms with Crippen molar-refractivity contribution in [3.8, 4) is 0 Å². The summed E-state index contributed by atoms with van der Waals surface area (Å²) in [4.78, 5) is 2.11. The third-order valence-corrected chi connectivity index (χ3v) is 4.39. The van der Waals surface area contributed by atoms with E-state index in [1.807, 2.05) is 20.0 Å². The molecule has 1 aliphatic carbocycles. The van der Waals surface area contributed by atoms with Gasteiger partial charge in [0.05, 0.1) is 5.69 Å². The summed E-state index contributed by atoms with van der Waals surface area (Å²) in [6.45, 7) is 4.21. The third kappa shape index (κ3) is 3.08. The second kappa shape index (κ2) is 5.91. The molecule has 2 rings (SSSR count). The van der Waals surface area contributed by atoms with Gasteiger partial charge >= 0.3 is 0 Å². The van der Waals surface area contributed by atoms with Gasteiger partial charge in [-0.15, -0.1) is 0 Å². The number of hydrogen-bond donors (Lipinski definition) is 1. The highest BCUT2D eigenvalue weighted by atomic mass is 19.1. The topological polar surface area (TPSA) is 29.3 Å². The van der Waals surface area contributed by atoms with E-state index >= 15 is 0 Å². The van der Waals surface area contributed by atoms with E-state index in [0.29, 0.717) is 11.7 Å². The van der Waals surface area contributed by atoms with Gasteiger partial charge in [-0.05, 0) is 50.2 Å². The summed E-state index contributed by atoms with van der Waals surface area (Å²) in [6, 6.07) is 5.50. The number of benzene rings is 1. The van der Waals surface area contributed by atoms with Gasteiger partial charge in [0.1, 0.15) is 5.82 Å². The van der Waals surface area contributed by atoms with Crippen molar-refractivity contribution in [3.63, 3.8) is 0 Å². The van der Waals surface area contributed by atoms with Crippen molar-refractivity contribution >= 4 is 5.69 Å². The summed E-state index contributed by atoms with van der Waals surface area (Å²) in [5.41, 5.74) is 7.58. The second-order valence-corrected chi connectivity index (χ2v) is 5.99. The molecule has 2 N–H and O–H groups in total. The normalized spacial score (nSPS) is 25.1. The molecule has 19 heavy (non-hydrogen) atoms. The van der Waals surface area contributed by atoms with E-state index in [2.05, 4.69) is 11.8 Å². The molecule has 1 aromatic rings. The van der Waals surface area contributed by atoms with Crippen LogP contribution < -0.4 is 10.6 Å². The first-order valence-corrected chi connectivity index (χ1v) is 7.27. The molecule has 2 nitrogen and oxygen atoms in total. The minimum Gasteiger partial charge on any atom is -0.369 e. The van der Waals surface area contributed by atoms with Crippen LogP contribution in [0, 0.1) is 11.7 Å². The van der Waals surface area contributed by atoms with Crippen LogP contribution in [0.5, 0.6) is 0 Å². The molecule has 0 bridgehead atoms. The van der Waals surface area contributed by atoms with E-state index in [1.54, 1.807) is 6.07 Å². The van der Waals surface area contributed by atoms with Crippen molar-refractivity contribution in [2.45, 2.75) is 51.6 Å². The van der Waals surface area contributed by atoms with Crippen LogP contribution in [0.15, 0.2) is 18.2 Å². The number of rotatable bonds is 3. The average Bonchev–Trinajstić information content (AvgIpc) is 2.38. The Morgan fingerprint density at radius 2 is 1.89 bits per heavy atom. The quantitative estimate of drug-likeness (QED) is 0.898. The SMILES string of the molecule is CC1CCC(N(C)c2c(F)cccc2C(C)N)CC1. The molecular weight excluding hydrogens is 239 g/mol. The third-order valence-electron chi connectivity index (χ3n) is 4.39. The smallest absolute Gasteiger partial charge is 0.146 e. The lowest BCUT2D eigenvalue weighted by Crippen LogP contribution is -2.36. The lowest BCUT2D eigenvalue weighted by Gasteiger charge is -2.36. The van der Waals surface area contributed by atoms with Crippen molar-refractivity contribution < 1.29 is 4.39 Å². The monoisotopic (exact) mass is 264 g/mol. The standard InChI is InChI=1S/C16H25FN2/c1-11-7-9-13(10-8-11)19(3)16-14(12(2)18)5-4-6-15(16)17/h4-6,11-13H,7-10,18H2,1-3H3. The molecule has 0 radical (unpaired) electrons. The van der Waals surface area contributed by atoms with Crippen molar-refractivity contribution in [2.75, 3.05) is 11.9 Å². The van der Waals surface area contributed by atoms with Crippen LogP contribution in [-0.4, -0.2) is 13.1 Å². The van der Waals surface area contributed by atoms with Crippen molar-refractivity contribution in [2.24, 2.45) is 11.7 Å². The van der Waals surface area contributed by atoms with Crippen LogP contribution in [-0.2, 0) is 0 Å². The molecule has 0 spiro atoms. The molecule has 3 heteroatoms. The zero-order valence-electron chi connectivity index (χ0n) is 12.2. The second-order valence-electron chi connectivity index (χ2n) is 5.99. The summed E-state index contributed by atoms with van der Waals surface area (Å²) in [6.07, 6.45) is 4.75. The molecule has 0 amide bonds. The van der Waals surface area contributed by atoms with Crippen LogP contribution in [0.1, 0.15) is 51.1 Å². The number of nitrogens with zero attached hydrogens (tertiary/aromatic N) is 1. The molecule has 0 aromatic heterocycles. The highest BCUT2D eigenvalue weighted by Gasteiger charge is 2.25. The Morgan fingerprint density at radius 3 is 2.47 bits per heavy atom. The molecule has 0 aliphatic heterocycles. The molecule has 1 unspecified atom stereocenters. The van der Waals surface area contributed by atoms with Crippen LogP contribution in [0.2, 0.25) is 0 Å². The summed E-state index contributed by atoms with van der Waals surface area (Å²) in [5, 5.41) is 0. The van der Waals surface area contributed by atoms with E-state index in [1.165, 1.54) is 18.9 Å². The zero-order chi connectivity index (χ0) is 14.0. The van der Waals surface area contributed by atoms with E-state index in [0.717, 1.165) is 24.3 Å². The van der Waals surface area contributed by atoms with Crippen molar-refractivity contribution in [1.82, 2.24) is 0 Å². The van der Waals surface area contributed by atoms with Gasteiger partial charge in [-0.25, -0.2) is 4.39 Å². The molecular formula is C16H25FN2. The fourth-order valence-electron chi connectivity index (χ4n) is 3.08. The van der Waals surface area contributed by atoms with Gasteiger partial charge in [0.15, 0.2) is 0 Å². The maximum Gasteiger partial charge on any atom is 0.146 e. The highest BCUT2D eigenvalue weighted by molar-refractivity contribution is 5.56. The largest absolute Gasteiger partial charge is 0.369 e. The summed E-state index contributed by atoms with van der Waals surface area (Å²) in [5.74, 6) is 0.647. The van der Waals surface area contributed by atoms with Crippen molar-refractivity contribution in [3.05, 3.63) is 29.6 Å². The molecule has 1 atom stereocenters. The van der Waals surface area contributed by atoms with Crippen LogP contribution in [0.25, 0.3) is 0 Å². The minimum atomic E-state index is -0.157. The maximum absolute atomic E-state index is 14.2. The van der Waals surface area contributed by atoms with Gasteiger partial charge in [-0.2, -0.15) is 0 Å². The highest BCUT2D eigenvalue weighted by Crippen LogP contribution is 2.34. The van der Waals surface area contributed by atoms with Gasteiger partial charge < -0.3 is 10.6 Å². The fourth-order valence-corrected chi connectivity index (χ4v) is 3.08. The summed E-state index contributed by atoms with van der Waals surface area (Å²) in [7, 11) is 2.00. The fraction of sp³-hybridized carbons (Fsp3) is 0.625.